The summed E-state index contributed by atoms with van der Waals surface area (Å²) < 4.78 is 21.8. The zero-order valence-electron chi connectivity index (χ0n) is 18.8. The van der Waals surface area contributed by atoms with Gasteiger partial charge in [0.15, 0.2) is 17.6 Å². The Bertz CT molecular complexity index is 855. The van der Waals surface area contributed by atoms with E-state index in [2.05, 4.69) is 0 Å². The van der Waals surface area contributed by atoms with Gasteiger partial charge in [-0.3, -0.25) is 0 Å². The van der Waals surface area contributed by atoms with Crippen molar-refractivity contribution in [1.29, 1.82) is 0 Å². The van der Waals surface area contributed by atoms with Gasteiger partial charge in [0, 0.05) is 25.3 Å². The summed E-state index contributed by atoms with van der Waals surface area (Å²) >= 11 is 0. The number of phenols is 1. The lowest BCUT2D eigenvalue weighted by molar-refractivity contribution is -0.0426. The maximum absolute atomic E-state index is 10.4. The van der Waals surface area contributed by atoms with Crippen molar-refractivity contribution in [3.63, 3.8) is 0 Å². The van der Waals surface area contributed by atoms with E-state index in [9.17, 15) is 30.6 Å². The third kappa shape index (κ3) is 6.12. The Balaban J connectivity index is 2.50. The summed E-state index contributed by atoms with van der Waals surface area (Å²) in [6.07, 6.45) is -3.72. The first-order chi connectivity index (χ1) is 15.9. The fourth-order valence-corrected chi connectivity index (χ4v) is 3.46. The van der Waals surface area contributed by atoms with Gasteiger partial charge in [-0.1, -0.05) is 6.07 Å². The number of benzene rings is 2. The minimum absolute atomic E-state index is 0.105. The summed E-state index contributed by atoms with van der Waals surface area (Å²) in [5, 5.41) is 59.4. The van der Waals surface area contributed by atoms with Gasteiger partial charge in [-0.25, -0.2) is 0 Å². The number of hydrogen-bond donors (Lipinski definition) is 6. The third-order valence-corrected chi connectivity index (χ3v) is 5.40. The van der Waals surface area contributed by atoms with E-state index in [1.54, 1.807) is 6.07 Å². The molecule has 0 bridgehead atoms. The Morgan fingerprint density at radius 2 is 1.36 bits per heavy atom. The maximum atomic E-state index is 10.4. The predicted octanol–water partition coefficient (Wildman–Crippen LogP) is 0.553. The van der Waals surface area contributed by atoms with Crippen LogP contribution in [0.2, 0.25) is 0 Å². The lowest BCUT2D eigenvalue weighted by Gasteiger charge is -2.28. The molecule has 0 heterocycles. The molecule has 4 atom stereocenters. The molecule has 184 valence electrons. The molecule has 0 aromatic heterocycles. The van der Waals surface area contributed by atoms with E-state index in [-0.39, 0.29) is 22.8 Å². The van der Waals surface area contributed by atoms with Gasteiger partial charge in [0.25, 0.3) is 0 Å². The molecule has 2 aromatic rings. The van der Waals surface area contributed by atoms with E-state index in [1.165, 1.54) is 45.6 Å². The fourth-order valence-electron chi connectivity index (χ4n) is 3.46. The Kier molecular flexibility index (Phi) is 10.3. The van der Waals surface area contributed by atoms with Crippen LogP contribution in [0.4, 0.5) is 0 Å². The topological polar surface area (TPSA) is 158 Å². The molecule has 33 heavy (non-hydrogen) atoms. The first-order valence-corrected chi connectivity index (χ1v) is 10.2. The van der Waals surface area contributed by atoms with E-state index in [4.69, 9.17) is 18.9 Å². The average Bonchev–Trinajstić information content (AvgIpc) is 2.85. The molecule has 0 fully saturated rings. The fraction of sp³-hybridized carbons (Fsp3) is 0.478. The normalized spacial score (nSPS) is 15.0. The molecular formula is C23H32O10. The van der Waals surface area contributed by atoms with Crippen LogP contribution in [-0.4, -0.2) is 77.4 Å². The molecular weight excluding hydrogens is 436 g/mol. The molecule has 2 aromatic carbocycles. The minimum atomic E-state index is -1.13. The van der Waals surface area contributed by atoms with E-state index in [1.807, 2.05) is 0 Å². The minimum Gasteiger partial charge on any atom is -0.504 e. The van der Waals surface area contributed by atoms with E-state index in [0.29, 0.717) is 16.7 Å². The van der Waals surface area contributed by atoms with Crippen molar-refractivity contribution in [2.45, 2.75) is 37.6 Å². The van der Waals surface area contributed by atoms with Gasteiger partial charge < -0.3 is 49.6 Å². The number of aromatic hydroxyl groups is 1. The first-order valence-electron chi connectivity index (χ1n) is 10.2. The Hall–Kier alpha value is -2.44. The second kappa shape index (κ2) is 12.7. The maximum Gasteiger partial charge on any atom is 0.163 e. The van der Waals surface area contributed by atoms with Crippen LogP contribution in [0.25, 0.3) is 0 Å². The highest BCUT2D eigenvalue weighted by atomic mass is 16.5. The van der Waals surface area contributed by atoms with Crippen molar-refractivity contribution >= 4 is 0 Å². The standard InChI is InChI=1S/C23H32O10/c1-30-18-8-14(7-16(10-25)22(18)29)23(20(12-27)32-3)33-17-5-4-13(6-15(17)9-24)21(28)19(11-26)31-2/h4-8,19-21,23-29H,9-12H2,1-3H3. The third-order valence-electron chi connectivity index (χ3n) is 5.40. The number of rotatable bonds is 13. The van der Waals surface area contributed by atoms with Crippen molar-refractivity contribution in [2.75, 3.05) is 34.5 Å². The molecule has 6 N–H and O–H groups in total. The van der Waals surface area contributed by atoms with Crippen molar-refractivity contribution in [3.8, 4) is 17.2 Å². The smallest absolute Gasteiger partial charge is 0.163 e. The van der Waals surface area contributed by atoms with Crippen LogP contribution >= 0.6 is 0 Å². The molecule has 4 unspecified atom stereocenters. The van der Waals surface area contributed by atoms with E-state index in [0.717, 1.165) is 0 Å². The molecule has 0 amide bonds. The molecule has 0 aliphatic heterocycles. The monoisotopic (exact) mass is 468 g/mol. The van der Waals surface area contributed by atoms with Crippen LogP contribution in [0.5, 0.6) is 17.2 Å². The van der Waals surface area contributed by atoms with Crippen LogP contribution in [0.3, 0.4) is 0 Å². The van der Waals surface area contributed by atoms with Crippen LogP contribution in [0, 0.1) is 0 Å². The van der Waals surface area contributed by atoms with Gasteiger partial charge >= 0.3 is 0 Å². The zero-order chi connectivity index (χ0) is 24.5. The van der Waals surface area contributed by atoms with Crippen LogP contribution in [0.1, 0.15) is 34.5 Å². The molecule has 2 rings (SSSR count). The van der Waals surface area contributed by atoms with Crippen molar-refractivity contribution < 1.29 is 49.6 Å². The number of ether oxygens (including phenoxy) is 4. The van der Waals surface area contributed by atoms with Gasteiger partial charge in [-0.05, 0) is 35.4 Å². The highest BCUT2D eigenvalue weighted by molar-refractivity contribution is 5.49. The lowest BCUT2D eigenvalue weighted by Crippen LogP contribution is -2.29. The van der Waals surface area contributed by atoms with Crippen molar-refractivity contribution in [3.05, 3.63) is 52.6 Å². The van der Waals surface area contributed by atoms with Gasteiger partial charge in [-0.15, -0.1) is 0 Å². The summed E-state index contributed by atoms with van der Waals surface area (Å²) in [5.41, 5.74) is 1.39. The van der Waals surface area contributed by atoms with Gasteiger partial charge in [0.1, 0.15) is 24.1 Å². The largest absolute Gasteiger partial charge is 0.504 e. The summed E-state index contributed by atoms with van der Waals surface area (Å²) in [5.74, 6) is 0.143. The SMILES string of the molecule is COc1cc(C(Oc2ccc(C(O)C(CO)OC)cc2CO)C(CO)OC)cc(CO)c1O. The molecule has 0 radical (unpaired) electrons. The number of aliphatic hydroxyl groups excluding tert-OH is 5. The quantitative estimate of drug-likeness (QED) is 0.245. The number of methoxy groups -OCH3 is 3. The van der Waals surface area contributed by atoms with E-state index >= 15 is 0 Å². The molecule has 0 aliphatic carbocycles. The molecule has 10 heteroatoms. The van der Waals surface area contributed by atoms with Crippen LogP contribution < -0.4 is 9.47 Å². The van der Waals surface area contributed by atoms with Crippen LogP contribution in [-0.2, 0) is 22.7 Å². The van der Waals surface area contributed by atoms with Crippen LogP contribution in [0.15, 0.2) is 30.3 Å². The summed E-state index contributed by atoms with van der Waals surface area (Å²) in [6.45, 7) is -1.68. The second-order valence-corrected chi connectivity index (χ2v) is 7.31. The van der Waals surface area contributed by atoms with E-state index < -0.39 is 50.8 Å². The van der Waals surface area contributed by atoms with Crippen molar-refractivity contribution in [2.24, 2.45) is 0 Å². The van der Waals surface area contributed by atoms with Gasteiger partial charge in [-0.2, -0.15) is 0 Å². The summed E-state index contributed by atoms with van der Waals surface area (Å²) in [6, 6.07) is 7.63. The molecule has 0 saturated heterocycles. The number of aliphatic hydroxyl groups is 5. The summed E-state index contributed by atoms with van der Waals surface area (Å²) in [7, 11) is 4.13. The Labute approximate surface area is 192 Å². The second-order valence-electron chi connectivity index (χ2n) is 7.31. The highest BCUT2D eigenvalue weighted by Gasteiger charge is 2.28. The predicted molar refractivity (Wildman–Crippen MR) is 117 cm³/mol. The zero-order valence-corrected chi connectivity index (χ0v) is 18.8. The van der Waals surface area contributed by atoms with Gasteiger partial charge in [0.05, 0.1) is 33.5 Å². The van der Waals surface area contributed by atoms with Crippen molar-refractivity contribution in [1.82, 2.24) is 0 Å². The summed E-state index contributed by atoms with van der Waals surface area (Å²) in [4.78, 5) is 0. The Morgan fingerprint density at radius 1 is 0.758 bits per heavy atom. The van der Waals surface area contributed by atoms with Gasteiger partial charge in [0.2, 0.25) is 0 Å². The number of hydrogen-bond acceptors (Lipinski definition) is 10. The Morgan fingerprint density at radius 3 is 1.88 bits per heavy atom. The first kappa shape index (κ1) is 26.8. The molecule has 0 spiro atoms. The lowest BCUT2D eigenvalue weighted by atomic mass is 9.99. The highest BCUT2D eigenvalue weighted by Crippen LogP contribution is 2.37. The average molecular weight is 468 g/mol. The molecule has 0 saturated carbocycles. The molecule has 10 nitrogen and oxygen atoms in total. The molecule has 0 aliphatic rings.